The number of primary amides is 1. The van der Waals surface area contributed by atoms with Crippen LogP contribution in [0.15, 0.2) is 36.7 Å². The number of hydrogen-bond acceptors (Lipinski definition) is 6. The van der Waals surface area contributed by atoms with Gasteiger partial charge in [0, 0.05) is 36.9 Å². The normalized spacial score (nSPS) is 21.0. The molecule has 2 amide bonds. The second-order valence-corrected chi connectivity index (χ2v) is 11.8. The first kappa shape index (κ1) is 26.1. The zero-order valence-electron chi connectivity index (χ0n) is 22.2. The van der Waals surface area contributed by atoms with Gasteiger partial charge in [-0.15, -0.1) is 0 Å². The maximum Gasteiger partial charge on any atom is 0.410 e. The standard InChI is InChI=1S/C27H34ClN7O3/c1-26(2,3)38-25(37)33-9-8-27(16-33)11-20(12-27)35-24(30-4)21(23(29)36)22(32-35)18-13-31-34(15-18)14-17-6-5-7-19(28)10-17/h5-7,10,13,15,20,30H,8-9,11-12,14,16H2,1-4H3,(H2,29,36). The average molecular weight is 540 g/mol. The van der Waals surface area contributed by atoms with Crippen molar-refractivity contribution in [1.29, 1.82) is 0 Å². The molecule has 0 unspecified atom stereocenters. The summed E-state index contributed by atoms with van der Waals surface area (Å²) < 4.78 is 9.23. The number of benzene rings is 1. The van der Waals surface area contributed by atoms with Crippen molar-refractivity contribution >= 4 is 29.4 Å². The minimum atomic E-state index is -0.552. The highest BCUT2D eigenvalue weighted by Gasteiger charge is 2.51. The third kappa shape index (κ3) is 5.09. The number of hydrogen-bond donors (Lipinski definition) is 2. The van der Waals surface area contributed by atoms with E-state index in [4.69, 9.17) is 27.2 Å². The third-order valence-electron chi connectivity index (χ3n) is 7.31. The summed E-state index contributed by atoms with van der Waals surface area (Å²) in [5.74, 6) is 0.0427. The Kier molecular flexibility index (Phi) is 6.63. The smallest absolute Gasteiger partial charge is 0.410 e. The molecule has 0 atom stereocenters. The van der Waals surface area contributed by atoms with Gasteiger partial charge in [0.15, 0.2) is 0 Å². The lowest BCUT2D eigenvalue weighted by molar-refractivity contribution is 0.0187. The molecule has 1 saturated heterocycles. The number of nitrogens with one attached hydrogen (secondary N) is 1. The van der Waals surface area contributed by atoms with Crippen LogP contribution in [0.2, 0.25) is 5.02 Å². The van der Waals surface area contributed by atoms with Crippen LogP contribution in [-0.4, -0.2) is 62.2 Å². The molecule has 2 aromatic heterocycles. The maximum atomic E-state index is 12.6. The van der Waals surface area contributed by atoms with Gasteiger partial charge in [-0.3, -0.25) is 9.48 Å². The Morgan fingerprint density at radius 1 is 1.29 bits per heavy atom. The van der Waals surface area contributed by atoms with E-state index in [9.17, 15) is 9.59 Å². The number of halogens is 1. The molecule has 5 rings (SSSR count). The highest BCUT2D eigenvalue weighted by atomic mass is 35.5. The van der Waals surface area contributed by atoms with E-state index in [1.807, 2.05) is 55.9 Å². The molecule has 0 bridgehead atoms. The lowest BCUT2D eigenvalue weighted by Gasteiger charge is -2.45. The molecule has 1 aliphatic heterocycles. The first-order chi connectivity index (χ1) is 18.0. The van der Waals surface area contributed by atoms with Gasteiger partial charge in [-0.1, -0.05) is 23.7 Å². The van der Waals surface area contributed by atoms with E-state index in [1.54, 1.807) is 22.8 Å². The van der Waals surface area contributed by atoms with E-state index in [0.29, 0.717) is 47.3 Å². The fourth-order valence-corrected chi connectivity index (χ4v) is 5.84. The first-order valence-electron chi connectivity index (χ1n) is 12.8. The van der Waals surface area contributed by atoms with Crippen molar-refractivity contribution in [2.24, 2.45) is 11.1 Å². The quantitative estimate of drug-likeness (QED) is 0.474. The SMILES string of the molecule is CNc1c(C(N)=O)c(-c2cnn(Cc3cccc(Cl)c3)c2)nn1C1CC2(CCN(C(=O)OC(C)(C)C)C2)C1. The van der Waals surface area contributed by atoms with Crippen LogP contribution >= 0.6 is 11.6 Å². The van der Waals surface area contributed by atoms with E-state index >= 15 is 0 Å². The topological polar surface area (TPSA) is 120 Å². The molecule has 11 heteroatoms. The molecule has 2 aliphatic rings. The molecule has 1 saturated carbocycles. The largest absolute Gasteiger partial charge is 0.444 e. The third-order valence-corrected chi connectivity index (χ3v) is 7.54. The van der Waals surface area contributed by atoms with Crippen molar-refractivity contribution in [1.82, 2.24) is 24.5 Å². The lowest BCUT2D eigenvalue weighted by Crippen LogP contribution is -2.43. The van der Waals surface area contributed by atoms with Gasteiger partial charge in [0.05, 0.1) is 18.8 Å². The average Bonchev–Trinajstić information content (AvgIpc) is 3.53. The summed E-state index contributed by atoms with van der Waals surface area (Å²) >= 11 is 6.12. The number of amides is 2. The summed E-state index contributed by atoms with van der Waals surface area (Å²) in [5, 5.41) is 13.1. The molecule has 3 heterocycles. The molecule has 3 N–H and O–H groups in total. The van der Waals surface area contributed by atoms with Crippen LogP contribution in [0.4, 0.5) is 10.6 Å². The number of rotatable bonds is 6. The van der Waals surface area contributed by atoms with Crippen molar-refractivity contribution in [2.75, 3.05) is 25.5 Å². The molecular weight excluding hydrogens is 506 g/mol. The van der Waals surface area contributed by atoms with Crippen molar-refractivity contribution < 1.29 is 14.3 Å². The summed E-state index contributed by atoms with van der Waals surface area (Å²) in [4.78, 5) is 26.9. The van der Waals surface area contributed by atoms with E-state index in [-0.39, 0.29) is 17.6 Å². The van der Waals surface area contributed by atoms with Crippen molar-refractivity contribution in [3.63, 3.8) is 0 Å². The van der Waals surface area contributed by atoms with Gasteiger partial charge in [-0.2, -0.15) is 10.2 Å². The Labute approximate surface area is 227 Å². The molecule has 2 fully saturated rings. The number of anilines is 1. The van der Waals surface area contributed by atoms with E-state index in [1.165, 1.54) is 0 Å². The summed E-state index contributed by atoms with van der Waals surface area (Å²) in [6, 6.07) is 7.69. The zero-order valence-corrected chi connectivity index (χ0v) is 23.0. The van der Waals surface area contributed by atoms with Crippen LogP contribution in [0.3, 0.4) is 0 Å². The fourth-order valence-electron chi connectivity index (χ4n) is 5.63. The van der Waals surface area contributed by atoms with Crippen LogP contribution in [0.25, 0.3) is 11.3 Å². The second kappa shape index (κ2) is 9.65. The van der Waals surface area contributed by atoms with E-state index in [2.05, 4.69) is 10.4 Å². The molecular formula is C27H34ClN7O3. The van der Waals surface area contributed by atoms with Gasteiger partial charge in [-0.25, -0.2) is 9.48 Å². The number of carbonyl (C=O) groups excluding carboxylic acids is 2. The molecule has 0 radical (unpaired) electrons. The highest BCUT2D eigenvalue weighted by molar-refractivity contribution is 6.30. The Morgan fingerprint density at radius 3 is 2.71 bits per heavy atom. The van der Waals surface area contributed by atoms with Gasteiger partial charge in [-0.05, 0) is 63.1 Å². The summed E-state index contributed by atoms with van der Waals surface area (Å²) in [6.07, 6.45) is 5.92. The number of ether oxygens (including phenoxy) is 1. The lowest BCUT2D eigenvalue weighted by atomic mass is 9.65. The minimum absolute atomic E-state index is 0.0351. The molecule has 38 heavy (non-hydrogen) atoms. The second-order valence-electron chi connectivity index (χ2n) is 11.4. The Morgan fingerprint density at radius 2 is 2.05 bits per heavy atom. The summed E-state index contributed by atoms with van der Waals surface area (Å²) in [6.45, 7) is 7.51. The first-order valence-corrected chi connectivity index (χ1v) is 13.2. The Hall–Kier alpha value is -3.53. The highest BCUT2D eigenvalue weighted by Crippen LogP contribution is 2.55. The zero-order chi connectivity index (χ0) is 27.2. The van der Waals surface area contributed by atoms with Crippen LogP contribution in [-0.2, 0) is 11.3 Å². The number of nitrogens with zero attached hydrogens (tertiary/aromatic N) is 5. The summed E-state index contributed by atoms with van der Waals surface area (Å²) in [7, 11) is 1.76. The number of likely N-dealkylation sites (tertiary alicyclic amines) is 1. The van der Waals surface area contributed by atoms with Crippen molar-refractivity contribution in [2.45, 2.75) is 58.2 Å². The molecule has 1 spiro atoms. The molecule has 202 valence electrons. The van der Waals surface area contributed by atoms with Gasteiger partial charge < -0.3 is 20.7 Å². The number of nitrogens with two attached hydrogens (primary N) is 1. The van der Waals surface area contributed by atoms with Crippen molar-refractivity contribution in [3.8, 4) is 11.3 Å². The van der Waals surface area contributed by atoms with Crippen LogP contribution < -0.4 is 11.1 Å². The molecule has 10 nitrogen and oxygen atoms in total. The molecule has 1 aliphatic carbocycles. The molecule has 1 aromatic carbocycles. The number of carbonyl (C=O) groups is 2. The predicted octanol–water partition coefficient (Wildman–Crippen LogP) is 4.55. The van der Waals surface area contributed by atoms with Gasteiger partial charge in [0.2, 0.25) is 0 Å². The Balaban J connectivity index is 1.35. The van der Waals surface area contributed by atoms with Crippen LogP contribution in [0.5, 0.6) is 0 Å². The maximum absolute atomic E-state index is 12.6. The minimum Gasteiger partial charge on any atom is -0.444 e. The van der Waals surface area contributed by atoms with E-state index < -0.39 is 11.5 Å². The van der Waals surface area contributed by atoms with Gasteiger partial charge in [0.25, 0.3) is 5.91 Å². The predicted molar refractivity (Wildman–Crippen MR) is 145 cm³/mol. The monoisotopic (exact) mass is 539 g/mol. The molecule has 3 aromatic rings. The fraction of sp³-hybridized carbons (Fsp3) is 0.481. The summed E-state index contributed by atoms with van der Waals surface area (Å²) in [5.41, 5.74) is 7.92. The van der Waals surface area contributed by atoms with Crippen molar-refractivity contribution in [3.05, 3.63) is 52.8 Å². The van der Waals surface area contributed by atoms with Crippen LogP contribution in [0.1, 0.15) is 62.0 Å². The number of aromatic nitrogens is 4. The van der Waals surface area contributed by atoms with Gasteiger partial charge in [0.1, 0.15) is 22.7 Å². The van der Waals surface area contributed by atoms with Gasteiger partial charge >= 0.3 is 6.09 Å². The Bertz CT molecular complexity index is 1370. The van der Waals surface area contributed by atoms with E-state index in [0.717, 1.165) is 24.8 Å². The van der Waals surface area contributed by atoms with Crippen LogP contribution in [0, 0.1) is 5.41 Å².